The van der Waals surface area contributed by atoms with Crippen molar-refractivity contribution in [1.82, 2.24) is 9.97 Å². The third kappa shape index (κ3) is 5.21. The van der Waals surface area contributed by atoms with Crippen LogP contribution in [0.5, 0.6) is 5.75 Å². The number of aromatic hydroxyl groups is 1. The minimum atomic E-state index is -3.82. The van der Waals surface area contributed by atoms with Gasteiger partial charge in [0.05, 0.1) is 21.8 Å². The molecule has 4 aromatic rings. The SMILES string of the molecule is Cc1c(COC(=O)c2cc(/N=N/c3ccc(S(N)(=O)=O)cc3)ccc2O)ccc2nc(N)nc(N)c12. The van der Waals surface area contributed by atoms with E-state index in [0.29, 0.717) is 22.2 Å². The Kier molecular flexibility index (Phi) is 6.51. The van der Waals surface area contributed by atoms with Gasteiger partial charge in [-0.25, -0.2) is 23.3 Å². The second kappa shape index (κ2) is 9.56. The molecule has 0 aliphatic rings. The molecule has 0 saturated heterocycles. The summed E-state index contributed by atoms with van der Waals surface area (Å²) in [5.41, 5.74) is 14.1. The highest BCUT2D eigenvalue weighted by atomic mass is 32.2. The van der Waals surface area contributed by atoms with E-state index in [0.717, 1.165) is 5.56 Å². The molecule has 13 heteroatoms. The first-order valence-electron chi connectivity index (χ1n) is 10.4. The van der Waals surface area contributed by atoms with Gasteiger partial charge in [-0.15, -0.1) is 0 Å². The number of aromatic nitrogens is 2. The molecule has 0 amide bonds. The van der Waals surface area contributed by atoms with Crippen molar-refractivity contribution in [2.75, 3.05) is 11.5 Å². The molecule has 4 rings (SSSR count). The Morgan fingerprint density at radius 3 is 2.36 bits per heavy atom. The van der Waals surface area contributed by atoms with E-state index in [4.69, 9.17) is 21.3 Å². The molecule has 12 nitrogen and oxygen atoms in total. The van der Waals surface area contributed by atoms with Crippen LogP contribution in [0.1, 0.15) is 21.5 Å². The number of primary sulfonamides is 1. The first kappa shape index (κ1) is 24.5. The molecule has 1 heterocycles. The molecule has 0 aliphatic carbocycles. The fourth-order valence-electron chi connectivity index (χ4n) is 3.43. The number of phenolic OH excluding ortho intramolecular Hbond substituents is 1. The summed E-state index contributed by atoms with van der Waals surface area (Å²) in [4.78, 5) is 20.8. The molecular formula is C23H21N7O5S. The molecule has 36 heavy (non-hydrogen) atoms. The van der Waals surface area contributed by atoms with Crippen LogP contribution in [0.15, 0.2) is 69.7 Å². The van der Waals surface area contributed by atoms with Gasteiger partial charge in [-0.1, -0.05) is 6.07 Å². The molecule has 0 saturated carbocycles. The summed E-state index contributed by atoms with van der Waals surface area (Å²) in [5.74, 6) is -0.785. The van der Waals surface area contributed by atoms with Gasteiger partial charge in [0, 0.05) is 5.39 Å². The number of aryl methyl sites for hydroxylation is 1. The number of hydrogen-bond donors (Lipinski definition) is 4. The number of hydrogen-bond acceptors (Lipinski definition) is 11. The van der Waals surface area contributed by atoms with Crippen molar-refractivity contribution in [2.45, 2.75) is 18.4 Å². The van der Waals surface area contributed by atoms with Gasteiger partial charge in [0.2, 0.25) is 16.0 Å². The first-order valence-corrected chi connectivity index (χ1v) is 11.9. The molecule has 0 radical (unpaired) electrons. The van der Waals surface area contributed by atoms with Crippen molar-refractivity contribution in [3.05, 3.63) is 71.3 Å². The number of fused-ring (bicyclic) bond motifs is 1. The van der Waals surface area contributed by atoms with Gasteiger partial charge in [0.15, 0.2) is 0 Å². The minimum absolute atomic E-state index is 0.0582. The van der Waals surface area contributed by atoms with Gasteiger partial charge >= 0.3 is 5.97 Å². The average Bonchev–Trinajstić information content (AvgIpc) is 2.82. The molecular weight excluding hydrogens is 486 g/mol. The lowest BCUT2D eigenvalue weighted by Crippen LogP contribution is -2.11. The quantitative estimate of drug-likeness (QED) is 0.222. The standard InChI is InChI=1S/C23H21N7O5S/c1-12-13(2-8-18-20(12)21(24)28-23(25)27-18)11-35-22(32)17-10-15(5-9-19(17)31)30-29-14-3-6-16(7-4-14)36(26,33)34/h2-10,31H,11H2,1H3,(H2,26,33,34)(H4,24,25,27,28)/b30-29+. The van der Waals surface area contributed by atoms with Crippen LogP contribution in [0.4, 0.5) is 23.1 Å². The van der Waals surface area contributed by atoms with Crippen LogP contribution in [0.2, 0.25) is 0 Å². The Balaban J connectivity index is 1.51. The summed E-state index contributed by atoms with van der Waals surface area (Å²) in [6.07, 6.45) is 0. The van der Waals surface area contributed by atoms with Crippen LogP contribution in [0.3, 0.4) is 0 Å². The fraction of sp³-hybridized carbons (Fsp3) is 0.0870. The number of nitrogens with two attached hydrogens (primary N) is 3. The maximum absolute atomic E-state index is 12.7. The van der Waals surface area contributed by atoms with Crippen molar-refractivity contribution < 1.29 is 23.1 Å². The van der Waals surface area contributed by atoms with Crippen LogP contribution in [-0.4, -0.2) is 29.5 Å². The monoisotopic (exact) mass is 507 g/mol. The number of carbonyl (C=O) groups excluding carboxylic acids is 1. The summed E-state index contributed by atoms with van der Waals surface area (Å²) in [6, 6.07) is 13.0. The van der Waals surface area contributed by atoms with Gasteiger partial charge in [-0.05, 0) is 66.6 Å². The summed E-state index contributed by atoms with van der Waals surface area (Å²) < 4.78 is 28.1. The van der Waals surface area contributed by atoms with E-state index < -0.39 is 16.0 Å². The van der Waals surface area contributed by atoms with Crippen LogP contribution in [0, 0.1) is 6.92 Å². The molecule has 1 aromatic heterocycles. The first-order chi connectivity index (χ1) is 17.0. The molecule has 184 valence electrons. The Hall–Kier alpha value is -4.62. The zero-order valence-electron chi connectivity index (χ0n) is 18.9. The number of carbonyl (C=O) groups is 1. The summed E-state index contributed by atoms with van der Waals surface area (Å²) in [7, 11) is -3.82. The number of anilines is 2. The fourth-order valence-corrected chi connectivity index (χ4v) is 3.95. The maximum Gasteiger partial charge on any atom is 0.342 e. The topological polar surface area (TPSA) is 209 Å². The number of sulfonamides is 1. The number of phenols is 1. The van der Waals surface area contributed by atoms with Crippen LogP contribution in [-0.2, 0) is 21.4 Å². The van der Waals surface area contributed by atoms with E-state index in [2.05, 4.69) is 20.2 Å². The predicted octanol–water partition coefficient (Wildman–Crippen LogP) is 3.23. The smallest absolute Gasteiger partial charge is 0.342 e. The number of azo groups is 1. The van der Waals surface area contributed by atoms with Gasteiger partial charge in [0.25, 0.3) is 0 Å². The predicted molar refractivity (Wildman–Crippen MR) is 132 cm³/mol. The second-order valence-electron chi connectivity index (χ2n) is 7.73. The average molecular weight is 508 g/mol. The lowest BCUT2D eigenvalue weighted by Gasteiger charge is -2.12. The van der Waals surface area contributed by atoms with Crippen molar-refractivity contribution >= 4 is 50.0 Å². The molecule has 0 fully saturated rings. The van der Waals surface area contributed by atoms with Crippen molar-refractivity contribution in [2.24, 2.45) is 15.4 Å². The van der Waals surface area contributed by atoms with E-state index in [-0.39, 0.29) is 40.3 Å². The van der Waals surface area contributed by atoms with Crippen molar-refractivity contribution in [1.29, 1.82) is 0 Å². The van der Waals surface area contributed by atoms with Gasteiger partial charge in [-0.2, -0.15) is 15.2 Å². The Morgan fingerprint density at radius 2 is 1.67 bits per heavy atom. The lowest BCUT2D eigenvalue weighted by atomic mass is 10.0. The number of nitrogens with zero attached hydrogens (tertiary/aromatic N) is 4. The highest BCUT2D eigenvalue weighted by molar-refractivity contribution is 7.89. The van der Waals surface area contributed by atoms with E-state index in [1.165, 1.54) is 42.5 Å². The molecule has 0 atom stereocenters. The maximum atomic E-state index is 12.7. The normalized spacial score (nSPS) is 11.7. The highest BCUT2D eigenvalue weighted by Gasteiger charge is 2.16. The van der Waals surface area contributed by atoms with Crippen molar-refractivity contribution in [3.63, 3.8) is 0 Å². The van der Waals surface area contributed by atoms with E-state index in [9.17, 15) is 18.3 Å². The number of ether oxygens (including phenoxy) is 1. The van der Waals surface area contributed by atoms with Crippen LogP contribution < -0.4 is 16.6 Å². The number of benzene rings is 3. The third-order valence-corrected chi connectivity index (χ3v) is 6.22. The van der Waals surface area contributed by atoms with E-state index >= 15 is 0 Å². The molecule has 3 aromatic carbocycles. The number of esters is 1. The van der Waals surface area contributed by atoms with Gasteiger partial charge in [-0.3, -0.25) is 0 Å². The van der Waals surface area contributed by atoms with E-state index in [1.54, 1.807) is 19.1 Å². The summed E-state index contributed by atoms with van der Waals surface area (Å²) >= 11 is 0. The Bertz CT molecular complexity index is 1620. The summed E-state index contributed by atoms with van der Waals surface area (Å²) in [5, 5.41) is 23.9. The second-order valence-corrected chi connectivity index (χ2v) is 9.29. The third-order valence-electron chi connectivity index (χ3n) is 5.29. The molecule has 0 spiro atoms. The zero-order chi connectivity index (χ0) is 26.0. The number of rotatable bonds is 6. The lowest BCUT2D eigenvalue weighted by molar-refractivity contribution is 0.0469. The molecule has 0 bridgehead atoms. The molecule has 7 N–H and O–H groups in total. The summed E-state index contributed by atoms with van der Waals surface area (Å²) in [6.45, 7) is 1.71. The Morgan fingerprint density at radius 1 is 1.00 bits per heavy atom. The molecule has 0 aliphatic heterocycles. The van der Waals surface area contributed by atoms with Crippen LogP contribution in [0.25, 0.3) is 10.9 Å². The Labute approximate surface area is 205 Å². The van der Waals surface area contributed by atoms with Gasteiger partial charge in [0.1, 0.15) is 23.7 Å². The number of nitrogen functional groups attached to an aromatic ring is 2. The molecule has 0 unspecified atom stereocenters. The van der Waals surface area contributed by atoms with E-state index in [1.807, 2.05) is 0 Å². The van der Waals surface area contributed by atoms with Crippen molar-refractivity contribution in [3.8, 4) is 5.75 Å². The minimum Gasteiger partial charge on any atom is -0.507 e. The highest BCUT2D eigenvalue weighted by Crippen LogP contribution is 2.28. The van der Waals surface area contributed by atoms with Gasteiger partial charge < -0.3 is 21.3 Å². The van der Waals surface area contributed by atoms with Crippen LogP contribution >= 0.6 is 0 Å². The zero-order valence-corrected chi connectivity index (χ0v) is 19.7. The largest absolute Gasteiger partial charge is 0.507 e.